The molecule has 0 saturated carbocycles. The minimum Gasteiger partial charge on any atom is -0.469 e. The molecule has 3 heteroatoms. The average Bonchev–Trinajstić information content (AvgIpc) is 2.26. The van der Waals surface area contributed by atoms with Crippen molar-refractivity contribution in [3.8, 4) is 0 Å². The Bertz CT molecular complexity index is 245. The molecule has 1 unspecified atom stereocenters. The predicted molar refractivity (Wildman–Crippen MR) is 69.9 cm³/mol. The molecule has 0 amide bonds. The molecule has 1 heterocycles. The van der Waals surface area contributed by atoms with Gasteiger partial charge in [-0.1, -0.05) is 27.2 Å². The van der Waals surface area contributed by atoms with Gasteiger partial charge in [0.05, 0.1) is 13.5 Å². The summed E-state index contributed by atoms with van der Waals surface area (Å²) in [6, 6.07) is 0.401. The average molecular weight is 241 g/mol. The number of carbonyl (C=O) groups excluding carboxylic acids is 1. The molecule has 17 heavy (non-hydrogen) atoms. The number of rotatable bonds is 4. The Kier molecular flexibility index (Phi) is 5.44. The molecule has 0 aliphatic carbocycles. The maximum atomic E-state index is 11.4. The second kappa shape index (κ2) is 6.39. The van der Waals surface area contributed by atoms with Gasteiger partial charge in [0.15, 0.2) is 0 Å². The van der Waals surface area contributed by atoms with Crippen LogP contribution in [-0.4, -0.2) is 37.1 Å². The van der Waals surface area contributed by atoms with Crippen LogP contribution in [0.15, 0.2) is 0 Å². The molecule has 1 atom stereocenters. The molecule has 0 N–H and O–H groups in total. The molecule has 0 radical (unpaired) electrons. The van der Waals surface area contributed by atoms with Gasteiger partial charge in [0, 0.05) is 6.04 Å². The number of likely N-dealkylation sites (tertiary alicyclic amines) is 1. The monoisotopic (exact) mass is 241 g/mol. The van der Waals surface area contributed by atoms with E-state index in [0.29, 0.717) is 17.9 Å². The number of piperidine rings is 1. The molecule has 0 aromatic carbocycles. The smallest absolute Gasteiger partial charge is 0.307 e. The number of nitrogens with zero attached hydrogens (tertiary/aromatic N) is 1. The van der Waals surface area contributed by atoms with Crippen molar-refractivity contribution in [3.05, 3.63) is 0 Å². The zero-order chi connectivity index (χ0) is 12.9. The van der Waals surface area contributed by atoms with Crippen LogP contribution in [-0.2, 0) is 9.53 Å². The fourth-order valence-electron chi connectivity index (χ4n) is 2.34. The van der Waals surface area contributed by atoms with Gasteiger partial charge in [0.25, 0.3) is 0 Å². The third-order valence-corrected chi connectivity index (χ3v) is 3.53. The van der Waals surface area contributed by atoms with Crippen LogP contribution >= 0.6 is 0 Å². The van der Waals surface area contributed by atoms with E-state index in [4.69, 9.17) is 4.74 Å². The van der Waals surface area contributed by atoms with Crippen LogP contribution in [0.5, 0.6) is 0 Å². The Balaban J connectivity index is 2.45. The van der Waals surface area contributed by atoms with Gasteiger partial charge in [-0.05, 0) is 37.8 Å². The standard InChI is InChI=1S/C14H27NO2/c1-14(2,3)8-10-15-9-6-5-7-12(15)11-13(16)17-4/h12H,5-11H2,1-4H3. The number of ether oxygens (including phenoxy) is 1. The zero-order valence-corrected chi connectivity index (χ0v) is 11.8. The van der Waals surface area contributed by atoms with E-state index in [2.05, 4.69) is 25.7 Å². The summed E-state index contributed by atoms with van der Waals surface area (Å²) < 4.78 is 4.78. The highest BCUT2D eigenvalue weighted by atomic mass is 16.5. The Morgan fingerprint density at radius 2 is 2.06 bits per heavy atom. The molecular weight excluding hydrogens is 214 g/mol. The van der Waals surface area contributed by atoms with Gasteiger partial charge >= 0.3 is 5.97 Å². The lowest BCUT2D eigenvalue weighted by Crippen LogP contribution is -2.42. The highest BCUT2D eigenvalue weighted by Gasteiger charge is 2.25. The van der Waals surface area contributed by atoms with Gasteiger partial charge in [0.1, 0.15) is 0 Å². The van der Waals surface area contributed by atoms with E-state index in [-0.39, 0.29) is 5.97 Å². The van der Waals surface area contributed by atoms with E-state index in [1.54, 1.807) is 0 Å². The normalized spacial score (nSPS) is 22.5. The van der Waals surface area contributed by atoms with E-state index in [0.717, 1.165) is 19.5 Å². The molecule has 0 aromatic heterocycles. The fourth-order valence-corrected chi connectivity index (χ4v) is 2.34. The summed E-state index contributed by atoms with van der Waals surface area (Å²) in [5.74, 6) is -0.0716. The molecular formula is C14H27NO2. The van der Waals surface area contributed by atoms with Gasteiger partial charge in [-0.25, -0.2) is 0 Å². The second-order valence-electron chi connectivity index (χ2n) is 6.28. The lowest BCUT2D eigenvalue weighted by Gasteiger charge is -2.36. The van der Waals surface area contributed by atoms with Crippen LogP contribution < -0.4 is 0 Å². The number of carbonyl (C=O) groups is 1. The highest BCUT2D eigenvalue weighted by Crippen LogP contribution is 2.24. The van der Waals surface area contributed by atoms with Crippen LogP contribution in [0.2, 0.25) is 0 Å². The quantitative estimate of drug-likeness (QED) is 0.709. The summed E-state index contributed by atoms with van der Waals surface area (Å²) in [6.07, 6.45) is 5.39. The predicted octanol–water partition coefficient (Wildman–Crippen LogP) is 2.84. The van der Waals surface area contributed by atoms with Gasteiger partial charge < -0.3 is 4.74 Å². The topological polar surface area (TPSA) is 29.5 Å². The van der Waals surface area contributed by atoms with Crippen LogP contribution in [0.1, 0.15) is 52.9 Å². The van der Waals surface area contributed by atoms with Crippen molar-refractivity contribution in [3.63, 3.8) is 0 Å². The number of methoxy groups -OCH3 is 1. The molecule has 0 spiro atoms. The first-order chi connectivity index (χ1) is 7.92. The minimum atomic E-state index is -0.0716. The molecule has 1 rings (SSSR count). The Hall–Kier alpha value is -0.570. The second-order valence-corrected chi connectivity index (χ2v) is 6.28. The van der Waals surface area contributed by atoms with Gasteiger partial charge in [-0.2, -0.15) is 0 Å². The molecule has 1 aliphatic heterocycles. The van der Waals surface area contributed by atoms with Crippen molar-refractivity contribution in [2.45, 2.75) is 58.9 Å². The van der Waals surface area contributed by atoms with Gasteiger partial charge in [-0.15, -0.1) is 0 Å². The number of hydrogen-bond acceptors (Lipinski definition) is 3. The molecule has 100 valence electrons. The molecule has 1 aliphatic rings. The third-order valence-electron chi connectivity index (χ3n) is 3.53. The van der Waals surface area contributed by atoms with Crippen molar-refractivity contribution < 1.29 is 9.53 Å². The summed E-state index contributed by atoms with van der Waals surface area (Å²) in [5.41, 5.74) is 0.368. The molecule has 1 saturated heterocycles. The summed E-state index contributed by atoms with van der Waals surface area (Å²) in [4.78, 5) is 13.9. The summed E-state index contributed by atoms with van der Waals surface area (Å²) in [5, 5.41) is 0. The third kappa shape index (κ3) is 5.53. The van der Waals surface area contributed by atoms with Crippen molar-refractivity contribution in [1.29, 1.82) is 0 Å². The van der Waals surface area contributed by atoms with E-state index >= 15 is 0 Å². The van der Waals surface area contributed by atoms with Crippen molar-refractivity contribution in [2.75, 3.05) is 20.2 Å². The van der Waals surface area contributed by atoms with Gasteiger partial charge in [0.2, 0.25) is 0 Å². The summed E-state index contributed by atoms with van der Waals surface area (Å²) in [6.45, 7) is 9.05. The SMILES string of the molecule is COC(=O)CC1CCCCN1CCC(C)(C)C. The maximum absolute atomic E-state index is 11.4. The molecule has 3 nitrogen and oxygen atoms in total. The number of esters is 1. The van der Waals surface area contributed by atoms with E-state index < -0.39 is 0 Å². The van der Waals surface area contributed by atoms with Crippen molar-refractivity contribution >= 4 is 5.97 Å². The van der Waals surface area contributed by atoms with Crippen molar-refractivity contribution in [2.24, 2.45) is 5.41 Å². The van der Waals surface area contributed by atoms with E-state index in [1.165, 1.54) is 26.4 Å². The summed E-state index contributed by atoms with van der Waals surface area (Å²) >= 11 is 0. The Morgan fingerprint density at radius 3 is 2.65 bits per heavy atom. The largest absolute Gasteiger partial charge is 0.469 e. The van der Waals surface area contributed by atoms with E-state index in [1.807, 2.05) is 0 Å². The summed E-state index contributed by atoms with van der Waals surface area (Å²) in [7, 11) is 1.48. The first-order valence-corrected chi connectivity index (χ1v) is 6.73. The van der Waals surface area contributed by atoms with Crippen LogP contribution in [0.3, 0.4) is 0 Å². The zero-order valence-electron chi connectivity index (χ0n) is 11.8. The highest BCUT2D eigenvalue weighted by molar-refractivity contribution is 5.69. The lowest BCUT2D eigenvalue weighted by molar-refractivity contribution is -0.142. The Labute approximate surface area is 106 Å². The lowest BCUT2D eigenvalue weighted by atomic mass is 9.90. The molecule has 1 fully saturated rings. The maximum Gasteiger partial charge on any atom is 0.307 e. The van der Waals surface area contributed by atoms with Crippen LogP contribution in [0.25, 0.3) is 0 Å². The van der Waals surface area contributed by atoms with Crippen LogP contribution in [0.4, 0.5) is 0 Å². The fraction of sp³-hybridized carbons (Fsp3) is 0.929. The first kappa shape index (κ1) is 14.5. The molecule has 0 bridgehead atoms. The molecule has 0 aromatic rings. The van der Waals surface area contributed by atoms with Gasteiger partial charge in [-0.3, -0.25) is 9.69 Å². The first-order valence-electron chi connectivity index (χ1n) is 6.73. The van der Waals surface area contributed by atoms with Crippen molar-refractivity contribution in [1.82, 2.24) is 4.90 Å². The van der Waals surface area contributed by atoms with E-state index in [9.17, 15) is 4.79 Å². The van der Waals surface area contributed by atoms with Crippen LogP contribution in [0, 0.1) is 5.41 Å². The Morgan fingerprint density at radius 1 is 1.35 bits per heavy atom. The number of hydrogen-bond donors (Lipinski definition) is 0. The minimum absolute atomic E-state index is 0.0716.